The van der Waals surface area contributed by atoms with Crippen LogP contribution in [0, 0.1) is 0 Å². The minimum Gasteiger partial charge on any atom is -0.0628 e. The Morgan fingerprint density at radius 2 is 0.905 bits per heavy atom. The molecule has 2 radical (unpaired) electrons. The molecule has 0 aliphatic rings. The summed E-state index contributed by atoms with van der Waals surface area (Å²) in [6, 6.07) is 17.8. The van der Waals surface area contributed by atoms with Crippen LogP contribution in [0.2, 0.25) is 0 Å². The lowest BCUT2D eigenvalue weighted by atomic mass is 9.87. The second-order valence-electron chi connectivity index (χ2n) is 7.72. The summed E-state index contributed by atoms with van der Waals surface area (Å²) in [5.41, 5.74) is 3.32. The predicted octanol–water partition coefficient (Wildman–Crippen LogP) is 3.94. The summed E-state index contributed by atoms with van der Waals surface area (Å²) in [5, 5.41) is 2.95. The summed E-state index contributed by atoms with van der Waals surface area (Å²) < 4.78 is 0. The zero-order chi connectivity index (χ0) is 15.7. The molecule has 2 rings (SSSR count). The van der Waals surface area contributed by atoms with Gasteiger partial charge in [-0.25, -0.2) is 0 Å². The van der Waals surface area contributed by atoms with Crippen LogP contribution in [0.15, 0.2) is 48.5 Å². The molecule has 0 unspecified atom stereocenters. The van der Waals surface area contributed by atoms with Crippen molar-refractivity contribution in [1.29, 1.82) is 0 Å². The van der Waals surface area contributed by atoms with Crippen LogP contribution in [0.4, 0.5) is 0 Å². The van der Waals surface area contributed by atoms with Crippen molar-refractivity contribution in [3.05, 3.63) is 59.7 Å². The van der Waals surface area contributed by atoms with E-state index in [1.165, 1.54) is 21.5 Å². The molecule has 21 heavy (non-hydrogen) atoms. The summed E-state index contributed by atoms with van der Waals surface area (Å²) in [4.78, 5) is 0. The fraction of sp³-hybridized carbons (Fsp3) is 0.400. The first kappa shape index (κ1) is 16.0. The zero-order valence-corrected chi connectivity index (χ0v) is 15.1. The third-order valence-electron chi connectivity index (χ3n) is 3.74. The van der Waals surface area contributed by atoms with E-state index in [0.717, 1.165) is 9.52 Å². The molecule has 1 heteroatoms. The molecule has 0 amide bonds. The fourth-order valence-electron chi connectivity index (χ4n) is 2.64. The van der Waals surface area contributed by atoms with E-state index < -0.39 is 0 Å². The maximum atomic E-state index is 2.30. The zero-order valence-electron chi connectivity index (χ0n) is 14.1. The molecule has 0 bridgehead atoms. The fourth-order valence-corrected chi connectivity index (χ4v) is 4.47. The van der Waals surface area contributed by atoms with Crippen molar-refractivity contribution in [2.75, 3.05) is 0 Å². The van der Waals surface area contributed by atoms with E-state index in [1.807, 2.05) is 0 Å². The maximum absolute atomic E-state index is 2.30. The molecule has 0 aliphatic heterocycles. The number of rotatable bonds is 2. The van der Waals surface area contributed by atoms with Crippen LogP contribution >= 0.6 is 0 Å². The smallest absolute Gasteiger partial charge is 0.0628 e. The van der Waals surface area contributed by atoms with Gasteiger partial charge in [-0.15, -0.1) is 0 Å². The van der Waals surface area contributed by atoms with Gasteiger partial charge in [-0.1, -0.05) is 100 Å². The first-order valence-electron chi connectivity index (χ1n) is 7.65. The van der Waals surface area contributed by atoms with Crippen molar-refractivity contribution >= 4 is 19.9 Å². The highest BCUT2D eigenvalue weighted by molar-refractivity contribution is 6.68. The lowest BCUT2D eigenvalue weighted by Crippen LogP contribution is -2.37. The largest absolute Gasteiger partial charge is 0.122 e. The van der Waals surface area contributed by atoms with Gasteiger partial charge in [0.05, 0.1) is 0 Å². The Kier molecular flexibility index (Phi) is 4.43. The molecular formula is C20H26Si. The van der Waals surface area contributed by atoms with Crippen LogP contribution in [0.1, 0.15) is 52.7 Å². The minimum absolute atomic E-state index is 0.195. The maximum Gasteiger partial charge on any atom is 0.122 e. The lowest BCUT2D eigenvalue weighted by Gasteiger charge is -2.25. The Balaban J connectivity index is 2.45. The van der Waals surface area contributed by atoms with E-state index in [-0.39, 0.29) is 10.8 Å². The van der Waals surface area contributed by atoms with Crippen LogP contribution < -0.4 is 10.4 Å². The number of benzene rings is 2. The highest BCUT2D eigenvalue weighted by Crippen LogP contribution is 2.21. The third-order valence-corrected chi connectivity index (χ3v) is 5.15. The van der Waals surface area contributed by atoms with Crippen LogP contribution in [0.3, 0.4) is 0 Å². The van der Waals surface area contributed by atoms with Crippen molar-refractivity contribution in [2.45, 2.75) is 52.4 Å². The molecule has 0 saturated heterocycles. The first-order valence-corrected chi connectivity index (χ1v) is 8.65. The van der Waals surface area contributed by atoms with Crippen LogP contribution in [-0.2, 0) is 10.8 Å². The SMILES string of the molecule is CC(C)(C)c1ccccc1[Si]c1ccccc1C(C)(C)C. The van der Waals surface area contributed by atoms with Gasteiger partial charge in [0.2, 0.25) is 0 Å². The summed E-state index contributed by atoms with van der Waals surface area (Å²) in [7, 11) is 0.721. The molecule has 0 N–H and O–H groups in total. The quantitative estimate of drug-likeness (QED) is 0.736. The van der Waals surface area contributed by atoms with E-state index >= 15 is 0 Å². The van der Waals surface area contributed by atoms with Gasteiger partial charge in [-0.2, -0.15) is 0 Å². The highest BCUT2D eigenvalue weighted by atomic mass is 28.2. The van der Waals surface area contributed by atoms with E-state index in [0.29, 0.717) is 0 Å². The molecule has 110 valence electrons. The van der Waals surface area contributed by atoms with Gasteiger partial charge < -0.3 is 0 Å². The Morgan fingerprint density at radius 3 is 1.24 bits per heavy atom. The topological polar surface area (TPSA) is 0 Å². The summed E-state index contributed by atoms with van der Waals surface area (Å²) in [5.74, 6) is 0. The molecule has 0 saturated carbocycles. The van der Waals surface area contributed by atoms with Crippen molar-refractivity contribution in [3.63, 3.8) is 0 Å². The lowest BCUT2D eigenvalue weighted by molar-refractivity contribution is 0.593. The Morgan fingerprint density at radius 1 is 0.571 bits per heavy atom. The van der Waals surface area contributed by atoms with Crippen LogP contribution in [-0.4, -0.2) is 9.52 Å². The first-order chi connectivity index (χ1) is 9.69. The molecule has 0 spiro atoms. The van der Waals surface area contributed by atoms with Gasteiger partial charge >= 0.3 is 0 Å². The van der Waals surface area contributed by atoms with E-state index in [1.54, 1.807) is 0 Å². The molecule has 0 aliphatic carbocycles. The molecular weight excluding hydrogens is 268 g/mol. The van der Waals surface area contributed by atoms with Crippen molar-refractivity contribution < 1.29 is 0 Å². The van der Waals surface area contributed by atoms with Crippen LogP contribution in [0.25, 0.3) is 0 Å². The molecule has 0 atom stereocenters. The molecule has 2 aromatic rings. The Hall–Kier alpha value is -1.34. The molecule has 0 nitrogen and oxygen atoms in total. The minimum atomic E-state index is 0.195. The molecule has 0 fully saturated rings. The standard InChI is InChI=1S/C20H26Si/c1-19(2,3)15-11-7-9-13-17(15)21-18-14-10-8-12-16(18)20(4,5)6/h7-14H,1-6H3. The van der Waals surface area contributed by atoms with Crippen molar-refractivity contribution in [3.8, 4) is 0 Å². The molecule has 0 heterocycles. The van der Waals surface area contributed by atoms with Crippen molar-refractivity contribution in [1.82, 2.24) is 0 Å². The van der Waals surface area contributed by atoms with Gasteiger partial charge in [0.1, 0.15) is 9.52 Å². The predicted molar refractivity (Wildman–Crippen MR) is 95.3 cm³/mol. The Labute approximate surface area is 132 Å². The summed E-state index contributed by atoms with van der Waals surface area (Å²) in [6.45, 7) is 13.8. The average Bonchev–Trinajstić information content (AvgIpc) is 2.37. The average molecular weight is 295 g/mol. The van der Waals surface area contributed by atoms with Gasteiger partial charge in [-0.05, 0) is 22.0 Å². The summed E-state index contributed by atoms with van der Waals surface area (Å²) in [6.07, 6.45) is 0. The van der Waals surface area contributed by atoms with Crippen LogP contribution in [0.5, 0.6) is 0 Å². The highest BCUT2D eigenvalue weighted by Gasteiger charge is 2.21. The Bertz CT molecular complexity index is 557. The van der Waals surface area contributed by atoms with Gasteiger partial charge in [0, 0.05) is 0 Å². The summed E-state index contributed by atoms with van der Waals surface area (Å²) >= 11 is 0. The van der Waals surface area contributed by atoms with Crippen molar-refractivity contribution in [2.24, 2.45) is 0 Å². The molecule has 2 aromatic carbocycles. The normalized spacial score (nSPS) is 12.5. The van der Waals surface area contributed by atoms with Gasteiger partial charge in [-0.3, -0.25) is 0 Å². The van der Waals surface area contributed by atoms with Gasteiger partial charge in [0.25, 0.3) is 0 Å². The second kappa shape index (κ2) is 5.80. The third kappa shape index (κ3) is 3.85. The van der Waals surface area contributed by atoms with E-state index in [9.17, 15) is 0 Å². The second-order valence-corrected chi connectivity index (χ2v) is 9.04. The molecule has 0 aromatic heterocycles. The monoisotopic (exact) mass is 294 g/mol. The van der Waals surface area contributed by atoms with E-state index in [4.69, 9.17) is 0 Å². The number of hydrogen-bond donors (Lipinski definition) is 0. The van der Waals surface area contributed by atoms with Gasteiger partial charge in [0.15, 0.2) is 0 Å². The van der Waals surface area contributed by atoms with E-state index in [2.05, 4.69) is 90.1 Å². The number of hydrogen-bond acceptors (Lipinski definition) is 0.